The summed E-state index contributed by atoms with van der Waals surface area (Å²) >= 11 is 0. The predicted octanol–water partition coefficient (Wildman–Crippen LogP) is 7.18. The van der Waals surface area contributed by atoms with E-state index in [1.54, 1.807) is 0 Å². The third-order valence-electron chi connectivity index (χ3n) is 5.48. The van der Waals surface area contributed by atoms with E-state index < -0.39 is 0 Å². The van der Waals surface area contributed by atoms with Gasteiger partial charge in [-0.25, -0.2) is 0 Å². The highest BCUT2D eigenvalue weighted by molar-refractivity contribution is 5.63. The first-order chi connectivity index (χ1) is 12.4. The molecule has 3 rings (SSSR count). The standard InChI is InChI=1S/C24H32O/c1-2-3-4-5-7-10-20-13-18-24(25-19-20)23-16-14-22(15-17-23)21-11-8-6-9-12-21/h6,8-9,11-12,14-17,20,24H,2-5,7,10,13,18-19H2,1H3. The van der Waals surface area contributed by atoms with Crippen LogP contribution in [0.3, 0.4) is 0 Å². The third kappa shape index (κ3) is 5.44. The van der Waals surface area contributed by atoms with Crippen molar-refractivity contribution in [1.29, 1.82) is 0 Å². The van der Waals surface area contributed by atoms with Gasteiger partial charge in [-0.05, 0) is 41.9 Å². The lowest BCUT2D eigenvalue weighted by molar-refractivity contribution is -0.0198. The average molecular weight is 337 g/mol. The highest BCUT2D eigenvalue weighted by atomic mass is 16.5. The minimum absolute atomic E-state index is 0.293. The van der Waals surface area contributed by atoms with Crippen LogP contribution in [0.4, 0.5) is 0 Å². The van der Waals surface area contributed by atoms with Crippen molar-refractivity contribution in [1.82, 2.24) is 0 Å². The molecule has 1 fully saturated rings. The summed E-state index contributed by atoms with van der Waals surface area (Å²) in [5, 5.41) is 0. The SMILES string of the molecule is CCCCCCCC1CCC(c2ccc(-c3ccccc3)cc2)OC1. The van der Waals surface area contributed by atoms with E-state index in [1.165, 1.54) is 68.1 Å². The zero-order chi connectivity index (χ0) is 17.3. The van der Waals surface area contributed by atoms with Crippen LogP contribution in [0.15, 0.2) is 54.6 Å². The Kier molecular flexibility index (Phi) is 7.11. The smallest absolute Gasteiger partial charge is 0.0825 e. The van der Waals surface area contributed by atoms with Crippen LogP contribution in [-0.4, -0.2) is 6.61 Å². The van der Waals surface area contributed by atoms with E-state index >= 15 is 0 Å². The van der Waals surface area contributed by atoms with E-state index in [2.05, 4.69) is 61.5 Å². The molecule has 1 heterocycles. The molecule has 2 aromatic rings. The van der Waals surface area contributed by atoms with Crippen LogP contribution in [0.2, 0.25) is 0 Å². The van der Waals surface area contributed by atoms with Crippen LogP contribution in [0.5, 0.6) is 0 Å². The average Bonchev–Trinajstić information content (AvgIpc) is 2.69. The summed E-state index contributed by atoms with van der Waals surface area (Å²) in [6.45, 7) is 3.22. The minimum atomic E-state index is 0.293. The van der Waals surface area contributed by atoms with Crippen LogP contribution in [0.1, 0.15) is 70.0 Å². The second-order valence-corrected chi connectivity index (χ2v) is 7.46. The van der Waals surface area contributed by atoms with Crippen LogP contribution >= 0.6 is 0 Å². The quantitative estimate of drug-likeness (QED) is 0.464. The summed E-state index contributed by atoms with van der Waals surface area (Å²) in [6.07, 6.45) is 11.0. The molecule has 25 heavy (non-hydrogen) atoms. The van der Waals surface area contributed by atoms with Crippen molar-refractivity contribution in [3.8, 4) is 11.1 Å². The lowest BCUT2D eigenvalue weighted by Gasteiger charge is -2.29. The molecule has 0 bridgehead atoms. The van der Waals surface area contributed by atoms with Crippen LogP contribution in [0.25, 0.3) is 11.1 Å². The van der Waals surface area contributed by atoms with Crippen LogP contribution in [0, 0.1) is 5.92 Å². The lowest BCUT2D eigenvalue weighted by atomic mass is 9.90. The van der Waals surface area contributed by atoms with Crippen LogP contribution < -0.4 is 0 Å². The maximum absolute atomic E-state index is 6.20. The molecule has 0 amide bonds. The maximum Gasteiger partial charge on any atom is 0.0825 e. The maximum atomic E-state index is 6.20. The van der Waals surface area contributed by atoms with Gasteiger partial charge in [0.05, 0.1) is 12.7 Å². The molecular weight excluding hydrogens is 304 g/mol. The van der Waals surface area contributed by atoms with Crippen molar-refractivity contribution in [2.75, 3.05) is 6.61 Å². The molecule has 2 aromatic carbocycles. The van der Waals surface area contributed by atoms with Crippen molar-refractivity contribution >= 4 is 0 Å². The van der Waals surface area contributed by atoms with E-state index in [-0.39, 0.29) is 0 Å². The molecular formula is C24H32O. The summed E-state index contributed by atoms with van der Waals surface area (Å²) in [4.78, 5) is 0. The molecule has 2 atom stereocenters. The molecule has 1 aliphatic rings. The summed E-state index contributed by atoms with van der Waals surface area (Å²) in [7, 11) is 0. The summed E-state index contributed by atoms with van der Waals surface area (Å²) < 4.78 is 6.20. The Hall–Kier alpha value is -1.60. The van der Waals surface area contributed by atoms with Gasteiger partial charge in [-0.2, -0.15) is 0 Å². The zero-order valence-corrected chi connectivity index (χ0v) is 15.6. The molecule has 0 aromatic heterocycles. The van der Waals surface area contributed by atoms with Gasteiger partial charge >= 0.3 is 0 Å². The monoisotopic (exact) mass is 336 g/mol. The van der Waals surface area contributed by atoms with Gasteiger partial charge in [0.2, 0.25) is 0 Å². The van der Waals surface area contributed by atoms with E-state index in [9.17, 15) is 0 Å². The highest BCUT2D eigenvalue weighted by Crippen LogP contribution is 2.33. The largest absolute Gasteiger partial charge is 0.373 e. The van der Waals surface area contributed by atoms with Crippen molar-refractivity contribution in [3.63, 3.8) is 0 Å². The molecule has 2 unspecified atom stereocenters. The van der Waals surface area contributed by atoms with Crippen molar-refractivity contribution < 1.29 is 4.74 Å². The molecule has 1 saturated heterocycles. The molecule has 0 aliphatic carbocycles. The topological polar surface area (TPSA) is 9.23 Å². The van der Waals surface area contributed by atoms with Gasteiger partial charge in [0.25, 0.3) is 0 Å². The van der Waals surface area contributed by atoms with Gasteiger partial charge in [-0.15, -0.1) is 0 Å². The fourth-order valence-corrected chi connectivity index (χ4v) is 3.85. The Bertz CT molecular complexity index is 594. The molecule has 134 valence electrons. The Balaban J connectivity index is 1.45. The number of hydrogen-bond acceptors (Lipinski definition) is 1. The number of benzene rings is 2. The Morgan fingerprint density at radius 2 is 1.52 bits per heavy atom. The summed E-state index contributed by atoms with van der Waals surface area (Å²) in [6, 6.07) is 19.5. The molecule has 1 aliphatic heterocycles. The fraction of sp³-hybridized carbons (Fsp3) is 0.500. The lowest BCUT2D eigenvalue weighted by Crippen LogP contribution is -2.20. The van der Waals surface area contributed by atoms with E-state index in [4.69, 9.17) is 4.74 Å². The van der Waals surface area contributed by atoms with Gasteiger partial charge < -0.3 is 4.74 Å². The van der Waals surface area contributed by atoms with Gasteiger partial charge in [0, 0.05) is 0 Å². The summed E-state index contributed by atoms with van der Waals surface area (Å²) in [5.74, 6) is 0.779. The zero-order valence-electron chi connectivity index (χ0n) is 15.6. The molecule has 0 radical (unpaired) electrons. The van der Waals surface area contributed by atoms with Gasteiger partial charge in [0.1, 0.15) is 0 Å². The Morgan fingerprint density at radius 3 is 2.20 bits per heavy atom. The Morgan fingerprint density at radius 1 is 0.800 bits per heavy atom. The van der Waals surface area contributed by atoms with E-state index in [1.807, 2.05) is 0 Å². The molecule has 0 spiro atoms. The highest BCUT2D eigenvalue weighted by Gasteiger charge is 2.22. The number of ether oxygens (including phenoxy) is 1. The van der Waals surface area contributed by atoms with Gasteiger partial charge in [-0.3, -0.25) is 0 Å². The first-order valence-corrected chi connectivity index (χ1v) is 10.1. The van der Waals surface area contributed by atoms with E-state index in [0.29, 0.717) is 6.10 Å². The minimum Gasteiger partial charge on any atom is -0.373 e. The van der Waals surface area contributed by atoms with Gasteiger partial charge in [0.15, 0.2) is 0 Å². The summed E-state index contributed by atoms with van der Waals surface area (Å²) in [5.41, 5.74) is 3.90. The second kappa shape index (κ2) is 9.77. The Labute approximate surface area is 153 Å². The number of unbranched alkanes of at least 4 members (excludes halogenated alkanes) is 4. The fourth-order valence-electron chi connectivity index (χ4n) is 3.85. The number of hydrogen-bond donors (Lipinski definition) is 0. The van der Waals surface area contributed by atoms with Crippen molar-refractivity contribution in [3.05, 3.63) is 60.2 Å². The molecule has 0 saturated carbocycles. The molecule has 0 N–H and O–H groups in total. The van der Waals surface area contributed by atoms with Crippen molar-refractivity contribution in [2.24, 2.45) is 5.92 Å². The first-order valence-electron chi connectivity index (χ1n) is 10.1. The molecule has 1 nitrogen and oxygen atoms in total. The van der Waals surface area contributed by atoms with Crippen LogP contribution in [-0.2, 0) is 4.74 Å². The third-order valence-corrected chi connectivity index (χ3v) is 5.48. The predicted molar refractivity (Wildman–Crippen MR) is 107 cm³/mol. The molecule has 1 heteroatoms. The van der Waals surface area contributed by atoms with Gasteiger partial charge in [-0.1, -0.05) is 93.6 Å². The first kappa shape index (κ1) is 18.2. The normalized spacial score (nSPS) is 20.5. The second-order valence-electron chi connectivity index (χ2n) is 7.46. The van der Waals surface area contributed by atoms with Crippen molar-refractivity contribution in [2.45, 2.75) is 64.4 Å². The van der Waals surface area contributed by atoms with E-state index in [0.717, 1.165) is 12.5 Å². The number of rotatable bonds is 8.